The maximum Gasteiger partial charge on any atom is 0.326 e. The van der Waals surface area contributed by atoms with Crippen LogP contribution in [0.2, 0.25) is 0 Å². The van der Waals surface area contributed by atoms with Crippen LogP contribution in [-0.2, 0) is 4.79 Å². The van der Waals surface area contributed by atoms with Crippen molar-refractivity contribution in [3.8, 4) is 0 Å². The average Bonchev–Trinajstić information content (AvgIpc) is 3.43. The number of anilines is 1. The Morgan fingerprint density at radius 3 is 2.59 bits per heavy atom. The summed E-state index contributed by atoms with van der Waals surface area (Å²) < 4.78 is 1.81. The van der Waals surface area contributed by atoms with E-state index in [9.17, 15) is 19.5 Å². The van der Waals surface area contributed by atoms with Crippen molar-refractivity contribution in [3.05, 3.63) is 64.1 Å². The van der Waals surface area contributed by atoms with Crippen molar-refractivity contribution >= 4 is 28.6 Å². The lowest BCUT2D eigenvalue weighted by Crippen LogP contribution is -2.31. The molecule has 1 fully saturated rings. The summed E-state index contributed by atoms with van der Waals surface area (Å²) in [4.78, 5) is 41.7. The highest BCUT2D eigenvalue weighted by Crippen LogP contribution is 2.37. The Balaban J connectivity index is 1.52. The zero-order valence-electron chi connectivity index (χ0n) is 15.8. The minimum atomic E-state index is -0.943. The molecule has 0 spiro atoms. The molecule has 148 valence electrons. The second-order valence-electron chi connectivity index (χ2n) is 7.84. The molecule has 1 aliphatic heterocycles. The Hall–Kier alpha value is -3.35. The van der Waals surface area contributed by atoms with E-state index in [4.69, 9.17) is 0 Å². The van der Waals surface area contributed by atoms with Crippen molar-refractivity contribution < 1.29 is 14.7 Å². The molecule has 1 atom stereocenters. The quantitative estimate of drug-likeness (QED) is 0.716. The fourth-order valence-corrected chi connectivity index (χ4v) is 4.76. The van der Waals surface area contributed by atoms with Crippen LogP contribution in [0.1, 0.15) is 53.6 Å². The van der Waals surface area contributed by atoms with E-state index < -0.39 is 11.9 Å². The molecular formula is C22H21N3O4. The number of hydrogen-bond donors (Lipinski definition) is 2. The van der Waals surface area contributed by atoms with Crippen molar-refractivity contribution in [1.29, 1.82) is 0 Å². The molecule has 29 heavy (non-hydrogen) atoms. The summed E-state index contributed by atoms with van der Waals surface area (Å²) in [5.41, 5.74) is 3.00. The molecule has 1 unspecified atom stereocenters. The lowest BCUT2D eigenvalue weighted by Gasteiger charge is -2.18. The van der Waals surface area contributed by atoms with Gasteiger partial charge in [0.2, 0.25) is 0 Å². The Morgan fingerprint density at radius 2 is 1.83 bits per heavy atom. The number of carbonyl (C=O) groups is 2. The van der Waals surface area contributed by atoms with E-state index in [-0.39, 0.29) is 24.2 Å². The largest absolute Gasteiger partial charge is 0.481 e. The first-order valence-electron chi connectivity index (χ1n) is 9.92. The summed E-state index contributed by atoms with van der Waals surface area (Å²) >= 11 is 0. The van der Waals surface area contributed by atoms with E-state index in [0.29, 0.717) is 22.3 Å². The van der Waals surface area contributed by atoms with Crippen molar-refractivity contribution in [1.82, 2.24) is 9.55 Å². The Morgan fingerprint density at radius 1 is 1.07 bits per heavy atom. The number of amides is 1. The highest BCUT2D eigenvalue weighted by molar-refractivity contribution is 6.10. The second kappa shape index (κ2) is 6.62. The molecule has 2 aliphatic rings. The fraction of sp³-hybridized carbons (Fsp3) is 0.318. The van der Waals surface area contributed by atoms with Gasteiger partial charge in [0.25, 0.3) is 5.91 Å². The molecule has 3 aromatic rings. The SMILES string of the molecule is O=C(O)C1CN(C(=O)c2ccc3c(c2)[nH]c(=O)n3C2CCCC2)c2ccccc21. The molecule has 2 heterocycles. The normalized spacial score (nSPS) is 19.0. The maximum atomic E-state index is 13.2. The van der Waals surface area contributed by atoms with Gasteiger partial charge >= 0.3 is 11.7 Å². The number of H-pyrrole nitrogens is 1. The van der Waals surface area contributed by atoms with Gasteiger partial charge in [-0.25, -0.2) is 4.79 Å². The van der Waals surface area contributed by atoms with Crippen LogP contribution in [0.25, 0.3) is 11.0 Å². The van der Waals surface area contributed by atoms with Gasteiger partial charge < -0.3 is 15.0 Å². The van der Waals surface area contributed by atoms with Crippen LogP contribution in [0.15, 0.2) is 47.3 Å². The summed E-state index contributed by atoms with van der Waals surface area (Å²) in [6.07, 6.45) is 4.24. The fourth-order valence-electron chi connectivity index (χ4n) is 4.76. The zero-order chi connectivity index (χ0) is 20.1. The van der Waals surface area contributed by atoms with Crippen LogP contribution in [0.3, 0.4) is 0 Å². The van der Waals surface area contributed by atoms with E-state index in [1.54, 1.807) is 36.4 Å². The number of benzene rings is 2. The number of carbonyl (C=O) groups excluding carboxylic acids is 1. The predicted octanol–water partition coefficient (Wildman–Crippen LogP) is 3.27. The number of rotatable bonds is 3. The Kier molecular flexibility index (Phi) is 4.04. The van der Waals surface area contributed by atoms with Gasteiger partial charge in [-0.15, -0.1) is 0 Å². The van der Waals surface area contributed by atoms with Crippen LogP contribution in [0, 0.1) is 0 Å². The smallest absolute Gasteiger partial charge is 0.326 e. The predicted molar refractivity (Wildman–Crippen MR) is 109 cm³/mol. The minimum absolute atomic E-state index is 0.102. The number of carboxylic acid groups (broad SMARTS) is 1. The van der Waals surface area contributed by atoms with Crippen LogP contribution in [-0.4, -0.2) is 33.1 Å². The van der Waals surface area contributed by atoms with Crippen LogP contribution < -0.4 is 10.6 Å². The summed E-state index contributed by atoms with van der Waals surface area (Å²) in [5, 5.41) is 9.53. The summed E-state index contributed by atoms with van der Waals surface area (Å²) in [5.74, 6) is -1.94. The van der Waals surface area contributed by atoms with E-state index in [1.807, 2.05) is 10.6 Å². The van der Waals surface area contributed by atoms with Crippen LogP contribution in [0.5, 0.6) is 0 Å². The van der Waals surface area contributed by atoms with Gasteiger partial charge in [-0.3, -0.25) is 14.2 Å². The van der Waals surface area contributed by atoms with Crippen molar-refractivity contribution in [2.24, 2.45) is 0 Å². The van der Waals surface area contributed by atoms with E-state index >= 15 is 0 Å². The lowest BCUT2D eigenvalue weighted by atomic mass is 10.0. The van der Waals surface area contributed by atoms with Crippen molar-refractivity contribution in [3.63, 3.8) is 0 Å². The molecule has 0 bridgehead atoms. The number of hydrogen-bond acceptors (Lipinski definition) is 3. The van der Waals surface area contributed by atoms with Crippen LogP contribution >= 0.6 is 0 Å². The van der Waals surface area contributed by atoms with Gasteiger partial charge in [0.15, 0.2) is 0 Å². The number of para-hydroxylation sites is 1. The molecule has 0 radical (unpaired) electrons. The number of aromatic nitrogens is 2. The number of aliphatic carboxylic acids is 1. The first kappa shape index (κ1) is 17.7. The monoisotopic (exact) mass is 391 g/mol. The highest BCUT2D eigenvalue weighted by Gasteiger charge is 2.36. The number of imidazole rings is 1. The number of nitrogens with zero attached hydrogens (tertiary/aromatic N) is 2. The topological polar surface area (TPSA) is 95.4 Å². The van der Waals surface area contributed by atoms with E-state index in [1.165, 1.54) is 4.90 Å². The Labute approximate surface area is 166 Å². The number of carboxylic acids is 1. The summed E-state index contributed by atoms with van der Waals surface area (Å²) in [7, 11) is 0. The van der Waals surface area contributed by atoms with E-state index in [2.05, 4.69) is 4.98 Å². The number of nitrogens with one attached hydrogen (secondary N) is 1. The minimum Gasteiger partial charge on any atom is -0.481 e. The number of aromatic amines is 1. The molecule has 2 N–H and O–H groups in total. The molecule has 2 aromatic carbocycles. The zero-order valence-corrected chi connectivity index (χ0v) is 15.8. The molecule has 1 amide bonds. The average molecular weight is 391 g/mol. The molecule has 7 nitrogen and oxygen atoms in total. The van der Waals surface area contributed by atoms with Gasteiger partial charge in [-0.2, -0.15) is 0 Å². The third kappa shape index (κ3) is 2.76. The van der Waals surface area contributed by atoms with Gasteiger partial charge in [0, 0.05) is 23.8 Å². The maximum absolute atomic E-state index is 13.2. The van der Waals surface area contributed by atoms with Crippen molar-refractivity contribution in [2.75, 3.05) is 11.4 Å². The molecular weight excluding hydrogens is 370 g/mol. The third-order valence-electron chi connectivity index (χ3n) is 6.16. The second-order valence-corrected chi connectivity index (χ2v) is 7.84. The molecule has 7 heteroatoms. The molecule has 1 aromatic heterocycles. The van der Waals surface area contributed by atoms with Gasteiger partial charge in [-0.05, 0) is 42.7 Å². The lowest BCUT2D eigenvalue weighted by molar-refractivity contribution is -0.138. The van der Waals surface area contributed by atoms with E-state index in [0.717, 1.165) is 31.2 Å². The van der Waals surface area contributed by atoms with Crippen molar-refractivity contribution in [2.45, 2.75) is 37.6 Å². The van der Waals surface area contributed by atoms with Gasteiger partial charge in [0.05, 0.1) is 11.0 Å². The summed E-state index contributed by atoms with van der Waals surface area (Å²) in [6.45, 7) is 0.102. The first-order valence-corrected chi connectivity index (χ1v) is 9.92. The number of fused-ring (bicyclic) bond motifs is 2. The summed E-state index contributed by atoms with van der Waals surface area (Å²) in [6, 6.07) is 12.5. The van der Waals surface area contributed by atoms with Gasteiger partial charge in [-0.1, -0.05) is 31.0 Å². The molecule has 1 saturated carbocycles. The third-order valence-corrected chi connectivity index (χ3v) is 6.16. The standard InChI is InChI=1S/C22H21N3O4/c26-20(24-12-16(21(27)28)15-7-3-4-8-18(15)24)13-9-10-19-17(11-13)23-22(29)25(19)14-5-1-2-6-14/h3-4,7-11,14,16H,1-2,5-6,12H2,(H,23,29)(H,27,28). The Bertz CT molecular complexity index is 1190. The highest BCUT2D eigenvalue weighted by atomic mass is 16.4. The molecule has 1 aliphatic carbocycles. The molecule has 5 rings (SSSR count). The molecule has 0 saturated heterocycles. The van der Waals surface area contributed by atoms with Gasteiger partial charge in [0.1, 0.15) is 5.92 Å². The van der Waals surface area contributed by atoms with Crippen LogP contribution in [0.4, 0.5) is 5.69 Å². The first-order chi connectivity index (χ1) is 14.0.